The van der Waals surface area contributed by atoms with Crippen LogP contribution >= 0.6 is 0 Å². The van der Waals surface area contributed by atoms with E-state index in [0.29, 0.717) is 17.4 Å². The minimum absolute atomic E-state index is 0.131. The van der Waals surface area contributed by atoms with Crippen molar-refractivity contribution in [3.05, 3.63) is 77.9 Å². The first-order valence-corrected chi connectivity index (χ1v) is 10.3. The molecule has 0 saturated heterocycles. The fourth-order valence-electron chi connectivity index (χ4n) is 3.88. The summed E-state index contributed by atoms with van der Waals surface area (Å²) in [5, 5.41) is 0. The van der Waals surface area contributed by atoms with Crippen LogP contribution in [0.4, 0.5) is 22.0 Å². The van der Waals surface area contributed by atoms with Gasteiger partial charge in [0, 0.05) is 0 Å². The predicted molar refractivity (Wildman–Crippen MR) is 108 cm³/mol. The van der Waals surface area contributed by atoms with Gasteiger partial charge in [0.05, 0.1) is 12.2 Å². The Labute approximate surface area is 178 Å². The Balaban J connectivity index is 1.50. The molecule has 0 N–H and O–H groups in total. The van der Waals surface area contributed by atoms with Gasteiger partial charge in [0.25, 0.3) is 0 Å². The van der Waals surface area contributed by atoms with Crippen LogP contribution in [0.1, 0.15) is 48.3 Å². The summed E-state index contributed by atoms with van der Waals surface area (Å²) in [7, 11) is 0. The smallest absolute Gasteiger partial charge is 0.406 e. The fourth-order valence-corrected chi connectivity index (χ4v) is 3.88. The number of rotatable bonds is 8. The van der Waals surface area contributed by atoms with E-state index in [1.807, 2.05) is 6.08 Å². The maximum absolute atomic E-state index is 14.4. The van der Waals surface area contributed by atoms with Gasteiger partial charge in [-0.25, -0.2) is 0 Å². The monoisotopic (exact) mass is 440 g/mol. The molecule has 0 spiro atoms. The summed E-state index contributed by atoms with van der Waals surface area (Å²) in [5.41, 5.74) is 1.41. The van der Waals surface area contributed by atoms with Crippen molar-refractivity contribution in [3.63, 3.8) is 0 Å². The number of allylic oxidation sites excluding steroid dienone is 1. The van der Waals surface area contributed by atoms with E-state index in [1.165, 1.54) is 24.3 Å². The molecule has 1 saturated carbocycles. The van der Waals surface area contributed by atoms with Gasteiger partial charge in [-0.15, -0.1) is 19.8 Å². The third-order valence-corrected chi connectivity index (χ3v) is 5.65. The summed E-state index contributed by atoms with van der Waals surface area (Å²) in [5.74, 6) is 0.561. The molecule has 0 aromatic heterocycles. The Hall–Kier alpha value is -2.41. The van der Waals surface area contributed by atoms with Gasteiger partial charge in [0.15, 0.2) is 0 Å². The first kappa shape index (κ1) is 23.3. The van der Waals surface area contributed by atoms with Crippen molar-refractivity contribution >= 4 is 0 Å². The molecule has 31 heavy (non-hydrogen) atoms. The highest BCUT2D eigenvalue weighted by molar-refractivity contribution is 5.28. The largest absolute Gasteiger partial charge is 0.573 e. The number of halogens is 5. The van der Waals surface area contributed by atoms with Crippen LogP contribution in [-0.2, 0) is 17.3 Å². The minimum Gasteiger partial charge on any atom is -0.406 e. The first-order chi connectivity index (χ1) is 14.7. The van der Waals surface area contributed by atoms with Crippen LogP contribution in [-0.4, -0.2) is 13.0 Å². The van der Waals surface area contributed by atoms with Crippen LogP contribution in [0.3, 0.4) is 0 Å². The molecule has 1 aliphatic carbocycles. The molecule has 2 aromatic rings. The first-order valence-electron chi connectivity index (χ1n) is 10.3. The SMILES string of the molecule is C=CC1CCC(c2ccc(C(F)(F)OCCc3ccc(OC(F)(F)F)cc3)cc2)CC1. The number of alkyl halides is 5. The van der Waals surface area contributed by atoms with E-state index in [-0.39, 0.29) is 24.3 Å². The molecule has 0 atom stereocenters. The second kappa shape index (κ2) is 9.81. The second-order valence-electron chi connectivity index (χ2n) is 7.78. The van der Waals surface area contributed by atoms with E-state index in [0.717, 1.165) is 43.4 Å². The number of hydrogen-bond acceptors (Lipinski definition) is 2. The third-order valence-electron chi connectivity index (χ3n) is 5.65. The molecule has 0 heterocycles. The summed E-state index contributed by atoms with van der Waals surface area (Å²) in [6.07, 6.45) is -1.91. The summed E-state index contributed by atoms with van der Waals surface area (Å²) in [4.78, 5) is 0. The molecule has 2 aromatic carbocycles. The van der Waals surface area contributed by atoms with Gasteiger partial charge >= 0.3 is 12.5 Å². The van der Waals surface area contributed by atoms with Gasteiger partial charge < -0.3 is 9.47 Å². The van der Waals surface area contributed by atoms with Crippen molar-refractivity contribution in [2.45, 2.75) is 50.5 Å². The lowest BCUT2D eigenvalue weighted by molar-refractivity contribution is -0.274. The highest BCUT2D eigenvalue weighted by Crippen LogP contribution is 2.37. The van der Waals surface area contributed by atoms with E-state index in [4.69, 9.17) is 4.74 Å². The molecule has 1 fully saturated rings. The summed E-state index contributed by atoms with van der Waals surface area (Å²) >= 11 is 0. The van der Waals surface area contributed by atoms with Crippen molar-refractivity contribution in [1.29, 1.82) is 0 Å². The standard InChI is InChI=1S/C24H25F5O2/c1-2-17-3-7-19(8-4-17)20-9-11-21(12-10-20)23(25,26)30-16-15-18-5-13-22(14-6-18)31-24(27,28)29/h2,5-6,9-14,17,19H,1,3-4,7-8,15-16H2. The van der Waals surface area contributed by atoms with Crippen molar-refractivity contribution in [2.24, 2.45) is 5.92 Å². The normalized spacial score (nSPS) is 19.8. The minimum atomic E-state index is -4.77. The Morgan fingerprint density at radius 1 is 0.871 bits per heavy atom. The Morgan fingerprint density at radius 2 is 1.48 bits per heavy atom. The van der Waals surface area contributed by atoms with Crippen molar-refractivity contribution in [3.8, 4) is 5.75 Å². The lowest BCUT2D eigenvalue weighted by Gasteiger charge is -2.27. The Bertz CT molecular complexity index is 836. The zero-order chi connectivity index (χ0) is 22.5. The van der Waals surface area contributed by atoms with E-state index in [1.54, 1.807) is 12.1 Å². The van der Waals surface area contributed by atoms with Crippen LogP contribution in [0, 0.1) is 5.92 Å². The molecule has 0 unspecified atom stereocenters. The van der Waals surface area contributed by atoms with E-state index >= 15 is 0 Å². The molecule has 0 aliphatic heterocycles. The van der Waals surface area contributed by atoms with Crippen molar-refractivity contribution in [2.75, 3.05) is 6.61 Å². The van der Waals surface area contributed by atoms with Gasteiger partial charge in [0.1, 0.15) is 5.75 Å². The predicted octanol–water partition coefficient (Wildman–Crippen LogP) is 7.35. The molecule has 2 nitrogen and oxygen atoms in total. The van der Waals surface area contributed by atoms with Crippen molar-refractivity contribution in [1.82, 2.24) is 0 Å². The molecule has 3 rings (SSSR count). The molecule has 0 bridgehead atoms. The lowest BCUT2D eigenvalue weighted by atomic mass is 9.79. The van der Waals surface area contributed by atoms with Gasteiger partial charge in [-0.1, -0.05) is 42.5 Å². The van der Waals surface area contributed by atoms with Gasteiger partial charge in [-0.2, -0.15) is 8.78 Å². The van der Waals surface area contributed by atoms with Gasteiger partial charge in [-0.3, -0.25) is 0 Å². The van der Waals surface area contributed by atoms with Crippen molar-refractivity contribution < 1.29 is 31.4 Å². The average molecular weight is 440 g/mol. The zero-order valence-electron chi connectivity index (χ0n) is 17.0. The average Bonchev–Trinajstić information content (AvgIpc) is 2.74. The summed E-state index contributed by atoms with van der Waals surface area (Å²) in [6.45, 7) is 3.56. The highest BCUT2D eigenvalue weighted by atomic mass is 19.4. The highest BCUT2D eigenvalue weighted by Gasteiger charge is 2.33. The van der Waals surface area contributed by atoms with Crippen LogP contribution in [0.2, 0.25) is 0 Å². The van der Waals surface area contributed by atoms with Gasteiger partial charge in [0.2, 0.25) is 0 Å². The second-order valence-corrected chi connectivity index (χ2v) is 7.78. The molecule has 0 amide bonds. The Kier molecular flexibility index (Phi) is 7.36. The summed E-state index contributed by atoms with van der Waals surface area (Å²) < 4.78 is 73.9. The van der Waals surface area contributed by atoms with Crippen LogP contribution in [0.15, 0.2) is 61.2 Å². The maximum atomic E-state index is 14.4. The molecular formula is C24H25F5O2. The number of hydrogen-bond donors (Lipinski definition) is 0. The van der Waals surface area contributed by atoms with Gasteiger partial charge in [-0.05, 0) is 67.2 Å². The maximum Gasteiger partial charge on any atom is 0.573 e. The molecular weight excluding hydrogens is 415 g/mol. The van der Waals surface area contributed by atoms with E-state index < -0.39 is 12.5 Å². The van der Waals surface area contributed by atoms with E-state index in [2.05, 4.69) is 11.3 Å². The van der Waals surface area contributed by atoms with Crippen LogP contribution < -0.4 is 4.74 Å². The topological polar surface area (TPSA) is 18.5 Å². The quantitative estimate of drug-likeness (QED) is 0.316. The molecule has 7 heteroatoms. The third kappa shape index (κ3) is 6.79. The lowest BCUT2D eigenvalue weighted by Crippen LogP contribution is -2.20. The number of ether oxygens (including phenoxy) is 2. The molecule has 1 aliphatic rings. The van der Waals surface area contributed by atoms with Crippen LogP contribution in [0.5, 0.6) is 5.75 Å². The molecule has 168 valence electrons. The summed E-state index contributed by atoms with van der Waals surface area (Å²) in [6, 6.07) is 11.3. The fraction of sp³-hybridized carbons (Fsp3) is 0.417. The zero-order valence-corrected chi connectivity index (χ0v) is 17.0. The Morgan fingerprint density at radius 3 is 2.03 bits per heavy atom. The number of benzene rings is 2. The van der Waals surface area contributed by atoms with Crippen LogP contribution in [0.25, 0.3) is 0 Å². The molecule has 0 radical (unpaired) electrons. The van der Waals surface area contributed by atoms with E-state index in [9.17, 15) is 22.0 Å².